The first kappa shape index (κ1) is 10.2. The molecule has 0 bridgehead atoms. The van der Waals surface area contributed by atoms with E-state index in [9.17, 15) is 9.60 Å². The molecule has 0 spiro atoms. The van der Waals surface area contributed by atoms with Crippen molar-refractivity contribution < 1.29 is 40.1 Å². The first-order valence-electron chi connectivity index (χ1n) is 26.1. The molecule has 0 fully saturated rings. The van der Waals surface area contributed by atoms with Crippen LogP contribution < -0.4 is 0 Å². The van der Waals surface area contributed by atoms with Gasteiger partial charge in [-0.1, -0.05) is 145 Å². The van der Waals surface area contributed by atoms with Crippen LogP contribution in [0, 0.1) is 0 Å². The van der Waals surface area contributed by atoms with Gasteiger partial charge in [0.1, 0.15) is 11.2 Å². The molecule has 0 aliphatic heterocycles. The average Bonchev–Trinajstić information content (AvgIpc) is 3.73. The average molecular weight is 587 g/mol. The highest BCUT2D eigenvalue weighted by atomic mass is 16.3. The van der Waals surface area contributed by atoms with Gasteiger partial charge in [-0.15, -0.1) is 0 Å². The van der Waals surface area contributed by atoms with Crippen molar-refractivity contribution in [3.05, 3.63) is 168 Å². The van der Waals surface area contributed by atoms with E-state index < -0.39 is 251 Å². The molecule has 1 nitrogen and oxygen atoms in total. The van der Waals surface area contributed by atoms with Gasteiger partial charge in [0.25, 0.3) is 0 Å². The van der Waals surface area contributed by atoms with E-state index in [4.69, 9.17) is 30.5 Å². The Labute approximate surface area is 292 Å². The lowest BCUT2D eigenvalue weighted by molar-refractivity contribution is 0.673. The fraction of sp³-hybridized carbons (Fsp3) is 0.0233. The maximum absolute atomic E-state index is 9.48. The maximum atomic E-state index is 9.48. The molecule has 0 N–H and O–H groups in total. The van der Waals surface area contributed by atoms with Crippen LogP contribution in [0.4, 0.5) is 0 Å². The SMILES string of the molecule is [2H]c1c([2H])c([2H])c(-c2c([2H])c([2H])c([2H])c(Cc3c4c([2H])c([2H])c([2H])c([2H])c4c(-c4c([2H])c([2H])c([2H])c5oc6c7c([2H])c([2H])c([2H])c([2H])c7c([2H])c([2H])c6c45)c4c([2H])c([2H])c([2H])c([2H])c34)c2[2H])c([2H])c1[2H]. The van der Waals surface area contributed by atoms with Gasteiger partial charge < -0.3 is 4.42 Å². The summed E-state index contributed by atoms with van der Waals surface area (Å²) in [5.74, 6) is 0. The molecule has 0 aliphatic carbocycles. The standard InChI is InChI=1S/C43H28O/c1-2-13-29(14-3-1)31-16-10-12-28(26-31)27-39-33-18-6-8-20-35(33)41(36-21-9-7-19-34(36)39)37-22-11-23-40-42(37)38-25-24-30-15-4-5-17-32(30)43(38)44-40/h1-26H,27H2/i1D,2D,3D,4D,5D,6D,7D,8D,9D,10D,11D,12D,13D,14D,15D,16D,17D,18D,19D,20D,21D,22D,23D,24D,25D,26D. The van der Waals surface area contributed by atoms with E-state index in [1.807, 2.05) is 0 Å². The number of hydrogen-bond donors (Lipinski definition) is 0. The van der Waals surface area contributed by atoms with Crippen molar-refractivity contribution in [2.24, 2.45) is 0 Å². The Morgan fingerprint density at radius 1 is 0.477 bits per heavy atom. The zero-order valence-electron chi connectivity index (χ0n) is 48.1. The Kier molecular flexibility index (Phi) is 2.31. The summed E-state index contributed by atoms with van der Waals surface area (Å²) in [7, 11) is 0. The largest absolute Gasteiger partial charge is 0.455 e. The molecule has 44 heavy (non-hydrogen) atoms. The minimum Gasteiger partial charge on any atom is -0.455 e. The number of rotatable bonds is 4. The third-order valence-electron chi connectivity index (χ3n) is 7.26. The zero-order valence-corrected chi connectivity index (χ0v) is 22.1. The molecule has 1 heteroatoms. The number of hydrogen-bond acceptors (Lipinski definition) is 1. The van der Waals surface area contributed by atoms with Crippen LogP contribution in [0.1, 0.15) is 46.8 Å². The normalized spacial score (nSPS) is 20.0. The van der Waals surface area contributed by atoms with E-state index in [2.05, 4.69) is 0 Å². The molecule has 0 unspecified atom stereocenters. The fourth-order valence-electron chi connectivity index (χ4n) is 5.43. The lowest BCUT2D eigenvalue weighted by Crippen LogP contribution is -1.96. The smallest absolute Gasteiger partial charge is 0.143 e. The Hall–Kier alpha value is -5.66. The number of fused-ring (bicyclic) bond motifs is 7. The molecule has 0 saturated carbocycles. The molecule has 206 valence electrons. The third-order valence-corrected chi connectivity index (χ3v) is 7.26. The highest BCUT2D eigenvalue weighted by Crippen LogP contribution is 2.45. The summed E-state index contributed by atoms with van der Waals surface area (Å²) < 4.78 is 237. The summed E-state index contributed by atoms with van der Waals surface area (Å²) in [5, 5.41) is -4.14. The van der Waals surface area contributed by atoms with Crippen molar-refractivity contribution in [2.75, 3.05) is 0 Å². The van der Waals surface area contributed by atoms with Crippen LogP contribution in [0.15, 0.2) is 162 Å². The van der Waals surface area contributed by atoms with Crippen molar-refractivity contribution in [1.29, 1.82) is 0 Å². The van der Waals surface area contributed by atoms with E-state index >= 15 is 0 Å². The molecule has 0 amide bonds. The second-order valence-electron chi connectivity index (χ2n) is 9.64. The van der Waals surface area contributed by atoms with Gasteiger partial charge in [-0.3, -0.25) is 0 Å². The molecule has 9 aromatic rings. The Bertz CT molecular complexity index is 3880. The molecule has 0 saturated heterocycles. The van der Waals surface area contributed by atoms with E-state index in [0.717, 1.165) is 0 Å². The minimum atomic E-state index is -0.928. The van der Waals surface area contributed by atoms with Crippen molar-refractivity contribution in [3.8, 4) is 22.3 Å². The highest BCUT2D eigenvalue weighted by molar-refractivity contribution is 6.24. The Morgan fingerprint density at radius 3 is 1.89 bits per heavy atom. The van der Waals surface area contributed by atoms with Gasteiger partial charge in [-0.25, -0.2) is 0 Å². The topological polar surface area (TPSA) is 13.1 Å². The van der Waals surface area contributed by atoms with Crippen LogP contribution in [0.2, 0.25) is 0 Å². The first-order chi connectivity index (χ1) is 32.6. The highest BCUT2D eigenvalue weighted by Gasteiger charge is 2.20. The quantitative estimate of drug-likeness (QED) is 0.187. The third kappa shape index (κ3) is 3.87. The second kappa shape index (κ2) is 9.97. The number of benzene rings is 8. The molecule has 1 aromatic heterocycles. The van der Waals surface area contributed by atoms with Crippen LogP contribution in [0.5, 0.6) is 0 Å². The van der Waals surface area contributed by atoms with Gasteiger partial charge in [0.05, 0.1) is 35.6 Å². The predicted octanol–water partition coefficient (Wildman–Crippen LogP) is 12.0. The van der Waals surface area contributed by atoms with E-state index in [0.29, 0.717) is 0 Å². The molecule has 8 aromatic carbocycles. The van der Waals surface area contributed by atoms with Gasteiger partial charge in [-0.2, -0.15) is 0 Å². The minimum absolute atomic E-state index is 0.427. The van der Waals surface area contributed by atoms with Crippen LogP contribution in [0.3, 0.4) is 0 Å². The van der Waals surface area contributed by atoms with E-state index in [-0.39, 0.29) is 0 Å². The maximum Gasteiger partial charge on any atom is 0.143 e. The van der Waals surface area contributed by atoms with Crippen LogP contribution >= 0.6 is 0 Å². The van der Waals surface area contributed by atoms with Crippen LogP contribution in [0.25, 0.3) is 76.5 Å². The summed E-state index contributed by atoms with van der Waals surface area (Å²) in [5.41, 5.74) is -4.67. The summed E-state index contributed by atoms with van der Waals surface area (Å²) in [6.45, 7) is 0. The van der Waals surface area contributed by atoms with Gasteiger partial charge in [0.2, 0.25) is 0 Å². The van der Waals surface area contributed by atoms with Crippen molar-refractivity contribution in [3.63, 3.8) is 0 Å². The van der Waals surface area contributed by atoms with Crippen molar-refractivity contribution >= 4 is 54.3 Å². The van der Waals surface area contributed by atoms with E-state index in [1.165, 1.54) is 0 Å². The lowest BCUT2D eigenvalue weighted by atomic mass is 9.85. The summed E-state index contributed by atoms with van der Waals surface area (Å²) >= 11 is 0. The van der Waals surface area contributed by atoms with Crippen LogP contribution in [-0.2, 0) is 6.42 Å². The van der Waals surface area contributed by atoms with Gasteiger partial charge in [0, 0.05) is 16.2 Å². The molecule has 0 radical (unpaired) electrons. The number of furan rings is 1. The van der Waals surface area contributed by atoms with Crippen molar-refractivity contribution in [2.45, 2.75) is 6.42 Å². The second-order valence-corrected chi connectivity index (χ2v) is 9.64. The summed E-state index contributed by atoms with van der Waals surface area (Å²) in [6.07, 6.45) is -0.916. The lowest BCUT2D eigenvalue weighted by Gasteiger charge is -2.18. The van der Waals surface area contributed by atoms with Crippen LogP contribution in [-0.4, -0.2) is 0 Å². The molecular formula is C43H28O. The van der Waals surface area contributed by atoms with E-state index in [1.54, 1.807) is 0 Å². The Morgan fingerprint density at radius 2 is 1.11 bits per heavy atom. The van der Waals surface area contributed by atoms with Gasteiger partial charge in [-0.05, 0) is 78.8 Å². The van der Waals surface area contributed by atoms with Gasteiger partial charge in [0.15, 0.2) is 0 Å². The first-order valence-corrected chi connectivity index (χ1v) is 13.1. The zero-order chi connectivity index (χ0) is 51.7. The molecule has 1 heterocycles. The molecule has 0 aliphatic rings. The summed E-state index contributed by atoms with van der Waals surface area (Å²) in [6, 6.07) is -22.1. The van der Waals surface area contributed by atoms with Gasteiger partial charge >= 0.3 is 0 Å². The Balaban J connectivity index is 1.56. The predicted molar refractivity (Wildman–Crippen MR) is 186 cm³/mol. The molecule has 9 rings (SSSR count). The van der Waals surface area contributed by atoms with Crippen molar-refractivity contribution in [1.82, 2.24) is 0 Å². The molecular weight excluding hydrogens is 532 g/mol. The fourth-order valence-corrected chi connectivity index (χ4v) is 5.43. The monoisotopic (exact) mass is 586 g/mol. The molecule has 0 atom stereocenters. The summed E-state index contributed by atoms with van der Waals surface area (Å²) in [4.78, 5) is 0.